The van der Waals surface area contributed by atoms with Gasteiger partial charge in [-0.3, -0.25) is 0 Å². The van der Waals surface area contributed by atoms with Crippen molar-refractivity contribution in [3.8, 4) is 0 Å². The van der Waals surface area contributed by atoms with Crippen LogP contribution in [-0.4, -0.2) is 66.4 Å². The van der Waals surface area contributed by atoms with Gasteiger partial charge in [-0.2, -0.15) is 0 Å². The second-order valence-electron chi connectivity index (χ2n) is 2.42. The summed E-state index contributed by atoms with van der Waals surface area (Å²) in [6.45, 7) is 0. The summed E-state index contributed by atoms with van der Waals surface area (Å²) >= 11 is 0. The van der Waals surface area contributed by atoms with Crippen molar-refractivity contribution in [1.82, 2.24) is 0 Å². The number of carboxylic acid groups (broad SMARTS) is 3. The third kappa shape index (κ3) is 8.10. The van der Waals surface area contributed by atoms with E-state index in [2.05, 4.69) is 0 Å². The molecule has 0 saturated heterocycles. The molecule has 0 atom stereocenters. The number of carbonyl (C=O) groups is 3. The van der Waals surface area contributed by atoms with Crippen LogP contribution in [0.3, 0.4) is 0 Å². The number of hydrogen-bond donors (Lipinski definition) is 1. The van der Waals surface area contributed by atoms with Gasteiger partial charge in [-0.1, -0.05) is 0 Å². The van der Waals surface area contributed by atoms with Crippen molar-refractivity contribution in [3.63, 3.8) is 0 Å². The van der Waals surface area contributed by atoms with Gasteiger partial charge in [0.15, 0.2) is 0 Å². The van der Waals surface area contributed by atoms with Crippen molar-refractivity contribution in [2.45, 2.75) is 18.4 Å². The fourth-order valence-corrected chi connectivity index (χ4v) is 0.684. The molecule has 0 rings (SSSR count). The Labute approximate surface area is 127 Å². The number of carbonyl (C=O) groups excluding carboxylic acids is 3. The average molecular weight is 295 g/mol. The van der Waals surface area contributed by atoms with Crippen molar-refractivity contribution in [1.29, 1.82) is 0 Å². The summed E-state index contributed by atoms with van der Waals surface area (Å²) in [5, 5.41) is 38.9. The van der Waals surface area contributed by atoms with E-state index in [-0.39, 0.29) is 57.2 Å². The van der Waals surface area contributed by atoms with Crippen LogP contribution in [0.1, 0.15) is 12.8 Å². The predicted molar refractivity (Wildman–Crippen MR) is 35.0 cm³/mol. The molecule has 0 spiro atoms. The molecule has 9 heteroatoms. The third-order valence-corrected chi connectivity index (χ3v) is 1.25. The number of hydrogen-bond acceptors (Lipinski definition) is 7. The van der Waals surface area contributed by atoms with E-state index >= 15 is 0 Å². The Hall–Kier alpha value is 0.253. The molecule has 0 unspecified atom stereocenters. The molecular formula is C6H5CaO7Zn+. The third-order valence-electron chi connectivity index (χ3n) is 1.25. The van der Waals surface area contributed by atoms with Gasteiger partial charge >= 0.3 is 57.2 Å². The van der Waals surface area contributed by atoms with E-state index < -0.39 is 36.4 Å². The second kappa shape index (κ2) is 8.41. The summed E-state index contributed by atoms with van der Waals surface area (Å²) in [7, 11) is 0. The Morgan fingerprint density at radius 2 is 1.27 bits per heavy atom. The molecule has 0 amide bonds. The maximum Gasteiger partial charge on any atom is 2.00 e. The van der Waals surface area contributed by atoms with E-state index in [1.165, 1.54) is 0 Å². The second-order valence-corrected chi connectivity index (χ2v) is 2.42. The largest absolute Gasteiger partial charge is 2.00 e. The van der Waals surface area contributed by atoms with Crippen LogP contribution < -0.4 is 15.3 Å². The zero-order valence-corrected chi connectivity index (χ0v) is 12.9. The molecule has 74 valence electrons. The molecule has 0 aromatic carbocycles. The summed E-state index contributed by atoms with van der Waals surface area (Å²) in [6, 6.07) is 0. The minimum Gasteiger partial charge on any atom is -0.550 e. The van der Waals surface area contributed by atoms with Gasteiger partial charge in [-0.05, 0) is 0 Å². The minimum absolute atomic E-state index is 0. The quantitative estimate of drug-likeness (QED) is 0.498. The first kappa shape index (κ1) is 20.6. The summed E-state index contributed by atoms with van der Waals surface area (Å²) in [4.78, 5) is 30.0. The average Bonchev–Trinajstić information content (AvgIpc) is 1.82. The fourth-order valence-electron chi connectivity index (χ4n) is 0.684. The molecule has 0 aromatic rings. The molecule has 0 saturated carbocycles. The SMILES string of the molecule is O=C([O-])CC(O)(CC(=O)[O-])C(=O)[O-].[Ca+2].[Zn+2]. The van der Waals surface area contributed by atoms with E-state index in [1.54, 1.807) is 0 Å². The van der Waals surface area contributed by atoms with Gasteiger partial charge in [0.05, 0.1) is 5.97 Å². The minimum atomic E-state index is -2.97. The first-order valence-electron chi connectivity index (χ1n) is 3.11. The number of aliphatic carboxylic acids is 3. The predicted octanol–water partition coefficient (Wildman–Crippen LogP) is -5.64. The van der Waals surface area contributed by atoms with Gasteiger partial charge in [0.1, 0.15) is 5.60 Å². The zero-order valence-electron chi connectivity index (χ0n) is 7.73. The molecule has 0 bridgehead atoms. The van der Waals surface area contributed by atoms with Gasteiger partial charge in [-0.25, -0.2) is 0 Å². The van der Waals surface area contributed by atoms with Crippen molar-refractivity contribution in [3.05, 3.63) is 0 Å². The van der Waals surface area contributed by atoms with E-state index in [0.29, 0.717) is 0 Å². The fraction of sp³-hybridized carbons (Fsp3) is 0.500. The topological polar surface area (TPSA) is 141 Å². The number of aliphatic hydroxyl groups is 1. The van der Waals surface area contributed by atoms with Crippen molar-refractivity contribution < 1.29 is 54.3 Å². The van der Waals surface area contributed by atoms with Crippen LogP contribution in [0.15, 0.2) is 0 Å². The van der Waals surface area contributed by atoms with Crippen LogP contribution in [0.2, 0.25) is 0 Å². The van der Waals surface area contributed by atoms with E-state index in [1.807, 2.05) is 0 Å². The maximum absolute atomic E-state index is 10.1. The molecule has 0 fully saturated rings. The normalized spacial score (nSPS) is 9.40. The Kier molecular flexibility index (Phi) is 11.6. The molecule has 7 nitrogen and oxygen atoms in total. The van der Waals surface area contributed by atoms with Crippen LogP contribution in [0.4, 0.5) is 0 Å². The summed E-state index contributed by atoms with van der Waals surface area (Å²) in [5.41, 5.74) is -2.97. The molecular weight excluding hydrogens is 290 g/mol. The molecule has 0 aliphatic carbocycles. The number of carboxylic acids is 3. The summed E-state index contributed by atoms with van der Waals surface area (Å²) < 4.78 is 0. The van der Waals surface area contributed by atoms with Gasteiger partial charge in [0, 0.05) is 24.8 Å². The van der Waals surface area contributed by atoms with Crippen molar-refractivity contribution in [2.24, 2.45) is 0 Å². The zero-order chi connectivity index (χ0) is 10.6. The Morgan fingerprint density at radius 3 is 1.40 bits per heavy atom. The van der Waals surface area contributed by atoms with Gasteiger partial charge in [-0.15, -0.1) is 0 Å². The van der Waals surface area contributed by atoms with Crippen molar-refractivity contribution in [2.75, 3.05) is 0 Å². The molecule has 0 radical (unpaired) electrons. The Morgan fingerprint density at radius 1 is 1.00 bits per heavy atom. The van der Waals surface area contributed by atoms with Crippen LogP contribution >= 0.6 is 0 Å². The molecule has 1 N–H and O–H groups in total. The Bertz CT molecular complexity index is 238. The van der Waals surface area contributed by atoms with Gasteiger partial charge in [0.25, 0.3) is 0 Å². The van der Waals surface area contributed by atoms with E-state index in [0.717, 1.165) is 0 Å². The summed E-state index contributed by atoms with van der Waals surface area (Å²) in [6.07, 6.45) is -2.72. The molecule has 0 aromatic heterocycles. The van der Waals surface area contributed by atoms with Crippen molar-refractivity contribution >= 4 is 55.6 Å². The van der Waals surface area contributed by atoms with Gasteiger partial charge < -0.3 is 34.8 Å². The first-order valence-corrected chi connectivity index (χ1v) is 3.11. The monoisotopic (exact) mass is 293 g/mol. The first-order chi connectivity index (χ1) is 5.78. The standard InChI is InChI=1S/C6H8O7.Ca.Zn/c7-3(8)1-6(13,5(11)12)2-4(9)10;;/h13H,1-2H2,(H,7,8)(H,9,10)(H,11,12);;/q;2*+2/p-3. The molecule has 0 aliphatic heterocycles. The van der Waals surface area contributed by atoms with Crippen LogP contribution in [-0.2, 0) is 33.9 Å². The van der Waals surface area contributed by atoms with Crippen LogP contribution in [0, 0.1) is 0 Å². The Balaban J connectivity index is -0.000000720. The van der Waals surface area contributed by atoms with E-state index in [9.17, 15) is 29.7 Å². The maximum atomic E-state index is 10.1. The molecule has 0 aliphatic rings. The van der Waals surface area contributed by atoms with Crippen LogP contribution in [0.5, 0.6) is 0 Å². The van der Waals surface area contributed by atoms with E-state index in [4.69, 9.17) is 5.11 Å². The molecule has 0 heterocycles. The molecule has 15 heavy (non-hydrogen) atoms. The smallest absolute Gasteiger partial charge is 0.550 e. The number of rotatable bonds is 5. The van der Waals surface area contributed by atoms with Crippen LogP contribution in [0.25, 0.3) is 0 Å². The summed E-state index contributed by atoms with van der Waals surface area (Å²) in [5.74, 6) is -5.98. The van der Waals surface area contributed by atoms with Gasteiger partial charge in [0.2, 0.25) is 0 Å².